The SMILES string of the molecule is CC(=O)c1cccc(NC(=O)Cc2ccc(C3OC(CN4CCCC4CO)C(c4ccccc4)C(c4ccc(CO)cc4)O3)cc2)c1. The number of aliphatic hydroxyl groups excluding tert-OH is 2. The van der Waals surface area contributed by atoms with E-state index < -0.39 is 6.29 Å². The Morgan fingerprint density at radius 2 is 1.55 bits per heavy atom. The van der Waals surface area contributed by atoms with E-state index in [2.05, 4.69) is 22.3 Å². The van der Waals surface area contributed by atoms with Gasteiger partial charge in [0.05, 0.1) is 31.8 Å². The van der Waals surface area contributed by atoms with Crippen molar-refractivity contribution in [3.8, 4) is 0 Å². The Morgan fingerprint density at radius 3 is 2.26 bits per heavy atom. The highest BCUT2D eigenvalue weighted by atomic mass is 16.7. The molecule has 0 spiro atoms. The van der Waals surface area contributed by atoms with Crippen molar-refractivity contribution in [2.45, 2.75) is 63.3 Å². The van der Waals surface area contributed by atoms with Gasteiger partial charge in [0.2, 0.25) is 5.91 Å². The van der Waals surface area contributed by atoms with Crippen molar-refractivity contribution >= 4 is 17.4 Å². The number of ether oxygens (including phenoxy) is 2. The standard InChI is InChI=1S/C39H42N2O6/c1-26(44)32-9-5-10-33(22-32)40-36(45)21-27-12-18-31(19-13-27)39-46-35(23-41-20-6-11-34(41)25-43)37(29-7-3-2-4-8-29)38(47-39)30-16-14-28(24-42)15-17-30/h2-5,7-10,12-19,22,34-35,37-39,42-43H,6,11,20-21,23-25H2,1H3,(H,40,45). The maximum atomic E-state index is 12.8. The average molecular weight is 635 g/mol. The van der Waals surface area contributed by atoms with Gasteiger partial charge in [0.1, 0.15) is 0 Å². The van der Waals surface area contributed by atoms with Crippen molar-refractivity contribution in [1.29, 1.82) is 0 Å². The Kier molecular flexibility index (Phi) is 10.6. The van der Waals surface area contributed by atoms with E-state index in [1.165, 1.54) is 6.92 Å². The summed E-state index contributed by atoms with van der Waals surface area (Å²) in [4.78, 5) is 26.9. The molecule has 0 bridgehead atoms. The fourth-order valence-electron chi connectivity index (χ4n) is 6.74. The topological polar surface area (TPSA) is 108 Å². The van der Waals surface area contributed by atoms with Crippen LogP contribution in [0.1, 0.15) is 76.3 Å². The van der Waals surface area contributed by atoms with Gasteiger partial charge in [-0.3, -0.25) is 14.5 Å². The van der Waals surface area contributed by atoms with Gasteiger partial charge >= 0.3 is 0 Å². The maximum Gasteiger partial charge on any atom is 0.228 e. The van der Waals surface area contributed by atoms with Crippen LogP contribution in [0.5, 0.6) is 0 Å². The Hall–Kier alpha value is -4.18. The van der Waals surface area contributed by atoms with Crippen molar-refractivity contribution in [1.82, 2.24) is 4.90 Å². The molecule has 2 aliphatic rings. The second-order valence-corrected chi connectivity index (χ2v) is 12.5. The van der Waals surface area contributed by atoms with Crippen molar-refractivity contribution in [2.75, 3.05) is 25.0 Å². The number of nitrogens with zero attached hydrogens (tertiary/aromatic N) is 1. The molecule has 6 rings (SSSR count). The Bertz CT molecular complexity index is 1640. The summed E-state index contributed by atoms with van der Waals surface area (Å²) in [7, 11) is 0. The Balaban J connectivity index is 1.25. The van der Waals surface area contributed by atoms with Crippen LogP contribution in [0.25, 0.3) is 0 Å². The lowest BCUT2D eigenvalue weighted by molar-refractivity contribution is -0.264. The lowest BCUT2D eigenvalue weighted by atomic mass is 9.83. The zero-order valence-electron chi connectivity index (χ0n) is 26.6. The molecule has 1 amide bonds. The summed E-state index contributed by atoms with van der Waals surface area (Å²) in [5.41, 5.74) is 5.76. The number of nitrogens with one attached hydrogen (secondary N) is 1. The van der Waals surface area contributed by atoms with Crippen LogP contribution in [0, 0.1) is 0 Å². The van der Waals surface area contributed by atoms with Gasteiger partial charge in [-0.15, -0.1) is 0 Å². The summed E-state index contributed by atoms with van der Waals surface area (Å²) in [6.45, 7) is 3.14. The molecule has 0 saturated carbocycles. The molecule has 2 heterocycles. The number of hydrogen-bond donors (Lipinski definition) is 3. The summed E-state index contributed by atoms with van der Waals surface area (Å²) in [6, 6.07) is 33.0. The molecule has 5 atom stereocenters. The fraction of sp³-hybridized carbons (Fsp3) is 0.333. The fourth-order valence-corrected chi connectivity index (χ4v) is 6.74. The van der Waals surface area contributed by atoms with Crippen LogP contribution < -0.4 is 5.32 Å². The third kappa shape index (κ3) is 7.87. The number of Topliss-reactive ketones (excluding diaryl/α,β-unsaturated/α-hetero) is 1. The van der Waals surface area contributed by atoms with E-state index in [0.29, 0.717) is 17.8 Å². The summed E-state index contributed by atoms with van der Waals surface area (Å²) in [5, 5.41) is 22.7. The van der Waals surface area contributed by atoms with E-state index in [1.54, 1.807) is 24.3 Å². The monoisotopic (exact) mass is 634 g/mol. The number of aliphatic hydroxyl groups is 2. The summed E-state index contributed by atoms with van der Waals surface area (Å²) >= 11 is 0. The largest absolute Gasteiger partial charge is 0.395 e. The third-order valence-electron chi connectivity index (χ3n) is 9.26. The number of amides is 1. The van der Waals surface area contributed by atoms with E-state index in [4.69, 9.17) is 9.47 Å². The lowest BCUT2D eigenvalue weighted by Gasteiger charge is -2.44. The van der Waals surface area contributed by atoms with Gasteiger partial charge < -0.3 is 25.0 Å². The van der Waals surface area contributed by atoms with E-state index in [-0.39, 0.29) is 55.5 Å². The van der Waals surface area contributed by atoms with Crippen molar-refractivity contribution in [3.63, 3.8) is 0 Å². The summed E-state index contributed by atoms with van der Waals surface area (Å²) in [6.07, 6.45) is 0.948. The Labute approximate surface area is 276 Å². The first-order valence-corrected chi connectivity index (χ1v) is 16.3. The van der Waals surface area contributed by atoms with Crippen LogP contribution in [0.3, 0.4) is 0 Å². The van der Waals surface area contributed by atoms with Gasteiger partial charge in [-0.25, -0.2) is 0 Å². The van der Waals surface area contributed by atoms with Crippen LogP contribution in [0.2, 0.25) is 0 Å². The summed E-state index contributed by atoms with van der Waals surface area (Å²) < 4.78 is 13.6. The van der Waals surface area contributed by atoms with Crippen LogP contribution in [-0.4, -0.2) is 58.6 Å². The van der Waals surface area contributed by atoms with Crippen molar-refractivity contribution in [2.24, 2.45) is 0 Å². The molecule has 0 radical (unpaired) electrons. The van der Waals surface area contributed by atoms with E-state index in [9.17, 15) is 19.8 Å². The van der Waals surface area contributed by atoms with Gasteiger partial charge in [-0.2, -0.15) is 0 Å². The molecule has 2 saturated heterocycles. The average Bonchev–Trinajstić information content (AvgIpc) is 3.55. The Morgan fingerprint density at radius 1 is 0.830 bits per heavy atom. The number of anilines is 1. The van der Waals surface area contributed by atoms with Crippen LogP contribution in [0.4, 0.5) is 5.69 Å². The normalized spacial score (nSPS) is 23.0. The van der Waals surface area contributed by atoms with Gasteiger partial charge in [-0.05, 0) is 60.7 Å². The number of ketones is 1. The lowest BCUT2D eigenvalue weighted by Crippen LogP contribution is -2.46. The number of benzene rings is 4. The number of carbonyl (C=O) groups excluding carboxylic acids is 2. The van der Waals surface area contributed by atoms with Gasteiger partial charge in [0.15, 0.2) is 12.1 Å². The molecule has 0 aliphatic carbocycles. The predicted molar refractivity (Wildman–Crippen MR) is 180 cm³/mol. The zero-order valence-corrected chi connectivity index (χ0v) is 26.6. The molecule has 2 fully saturated rings. The van der Waals surface area contributed by atoms with Gasteiger partial charge in [-0.1, -0.05) is 91.0 Å². The first-order valence-electron chi connectivity index (χ1n) is 16.3. The molecule has 4 aromatic rings. The van der Waals surface area contributed by atoms with Gasteiger partial charge in [0.25, 0.3) is 0 Å². The van der Waals surface area contributed by atoms with Crippen LogP contribution in [0.15, 0.2) is 103 Å². The minimum absolute atomic E-state index is 0.0328. The number of carbonyl (C=O) groups is 2. The first kappa shape index (κ1) is 32.7. The van der Waals surface area contributed by atoms with Crippen molar-refractivity contribution < 1.29 is 29.3 Å². The van der Waals surface area contributed by atoms with Gasteiger partial charge in [0, 0.05) is 35.3 Å². The molecular weight excluding hydrogens is 592 g/mol. The minimum atomic E-state index is -0.658. The zero-order chi connectivity index (χ0) is 32.8. The molecular formula is C39H42N2O6. The smallest absolute Gasteiger partial charge is 0.228 e. The molecule has 5 unspecified atom stereocenters. The molecule has 8 nitrogen and oxygen atoms in total. The van der Waals surface area contributed by atoms with E-state index in [0.717, 1.165) is 47.2 Å². The van der Waals surface area contributed by atoms with E-state index >= 15 is 0 Å². The quantitative estimate of drug-likeness (QED) is 0.175. The first-order chi connectivity index (χ1) is 22.9. The van der Waals surface area contributed by atoms with Crippen LogP contribution >= 0.6 is 0 Å². The highest BCUT2D eigenvalue weighted by molar-refractivity contribution is 5.97. The molecule has 47 heavy (non-hydrogen) atoms. The summed E-state index contributed by atoms with van der Waals surface area (Å²) in [5.74, 6) is -0.346. The van der Waals surface area contributed by atoms with Crippen molar-refractivity contribution in [3.05, 3.63) is 137 Å². The molecule has 244 valence electrons. The minimum Gasteiger partial charge on any atom is -0.395 e. The van der Waals surface area contributed by atoms with Crippen LogP contribution in [-0.2, 0) is 27.3 Å². The third-order valence-corrected chi connectivity index (χ3v) is 9.26. The number of likely N-dealkylation sites (tertiary alicyclic amines) is 1. The molecule has 2 aliphatic heterocycles. The number of hydrogen-bond acceptors (Lipinski definition) is 7. The molecule has 3 N–H and O–H groups in total. The molecule has 8 heteroatoms. The second kappa shape index (κ2) is 15.2. The highest BCUT2D eigenvalue weighted by Crippen LogP contribution is 2.47. The molecule has 0 aromatic heterocycles. The second-order valence-electron chi connectivity index (χ2n) is 12.5. The maximum absolute atomic E-state index is 12.8. The van der Waals surface area contributed by atoms with E-state index in [1.807, 2.05) is 66.7 Å². The number of rotatable bonds is 11. The molecule has 4 aromatic carbocycles. The predicted octanol–water partition coefficient (Wildman–Crippen LogP) is 5.96. The highest BCUT2D eigenvalue weighted by Gasteiger charge is 2.43.